The number of nitrogens with one attached hydrogen (secondary N) is 1. The average Bonchev–Trinajstić information content (AvgIpc) is 2.60. The summed E-state index contributed by atoms with van der Waals surface area (Å²) in [5, 5.41) is 4.06. The summed E-state index contributed by atoms with van der Waals surface area (Å²) in [6.07, 6.45) is 5.02. The fraction of sp³-hybridized carbons (Fsp3) is 0.474. The summed E-state index contributed by atoms with van der Waals surface area (Å²) >= 11 is 0. The first-order chi connectivity index (χ1) is 11.6. The number of benzene rings is 1. The molecule has 2 amide bonds. The van der Waals surface area contributed by atoms with Crippen molar-refractivity contribution in [2.24, 2.45) is 0 Å². The van der Waals surface area contributed by atoms with Crippen LogP contribution in [0.3, 0.4) is 0 Å². The molecule has 0 saturated heterocycles. The lowest BCUT2D eigenvalue weighted by atomic mass is 10.1. The molecule has 1 atom stereocenters. The molecule has 1 heterocycles. The zero-order valence-electron chi connectivity index (χ0n) is 15.0. The molecule has 0 aliphatic rings. The summed E-state index contributed by atoms with van der Waals surface area (Å²) < 4.78 is 5.37. The maximum Gasteiger partial charge on any atom is 0.317 e. The van der Waals surface area contributed by atoms with Crippen molar-refractivity contribution in [1.29, 1.82) is 0 Å². The summed E-state index contributed by atoms with van der Waals surface area (Å²) in [6, 6.07) is 7.95. The van der Waals surface area contributed by atoms with E-state index < -0.39 is 0 Å². The van der Waals surface area contributed by atoms with Gasteiger partial charge in [-0.05, 0) is 31.0 Å². The van der Waals surface area contributed by atoms with Crippen LogP contribution in [-0.4, -0.2) is 36.1 Å². The van der Waals surface area contributed by atoms with Crippen molar-refractivity contribution in [2.45, 2.75) is 45.7 Å². The Labute approximate surface area is 144 Å². The standard InChI is InChI=1S/C19H27N3O2/c1-5-6-8-14(2)21-19(23)22(3)13-15-10-11-17(24-4)18-16(15)9-7-12-20-18/h7,9-12,14H,5-6,8,13H2,1-4H3,(H,21,23)/t14-/m1/s1. The zero-order valence-corrected chi connectivity index (χ0v) is 15.0. The molecule has 0 aliphatic heterocycles. The summed E-state index contributed by atoms with van der Waals surface area (Å²) in [5.74, 6) is 0.745. The van der Waals surface area contributed by atoms with Crippen LogP contribution in [0.15, 0.2) is 30.5 Å². The Kier molecular flexibility index (Phi) is 6.41. The van der Waals surface area contributed by atoms with Gasteiger partial charge in [-0.25, -0.2) is 4.79 Å². The van der Waals surface area contributed by atoms with Crippen LogP contribution < -0.4 is 10.1 Å². The van der Waals surface area contributed by atoms with Crippen LogP contribution in [0.25, 0.3) is 10.9 Å². The number of ether oxygens (including phenoxy) is 1. The second-order valence-corrected chi connectivity index (χ2v) is 6.18. The van der Waals surface area contributed by atoms with Crippen molar-refractivity contribution in [3.8, 4) is 5.75 Å². The highest BCUT2D eigenvalue weighted by Crippen LogP contribution is 2.27. The summed E-state index contributed by atoms with van der Waals surface area (Å²) in [5.41, 5.74) is 1.88. The lowest BCUT2D eigenvalue weighted by molar-refractivity contribution is 0.203. The number of hydrogen-bond donors (Lipinski definition) is 1. The molecular formula is C19H27N3O2. The van der Waals surface area contributed by atoms with E-state index in [1.54, 1.807) is 18.2 Å². The molecule has 24 heavy (non-hydrogen) atoms. The van der Waals surface area contributed by atoms with Crippen LogP contribution in [0.2, 0.25) is 0 Å². The van der Waals surface area contributed by atoms with Gasteiger partial charge in [0.2, 0.25) is 0 Å². The number of pyridine rings is 1. The van der Waals surface area contributed by atoms with Crippen molar-refractivity contribution < 1.29 is 9.53 Å². The third-order valence-electron chi connectivity index (χ3n) is 4.16. The molecule has 0 unspecified atom stereocenters. The Hall–Kier alpha value is -2.30. The van der Waals surface area contributed by atoms with Crippen molar-refractivity contribution in [1.82, 2.24) is 15.2 Å². The van der Waals surface area contributed by atoms with Crippen LogP contribution in [0.4, 0.5) is 4.79 Å². The predicted molar refractivity (Wildman–Crippen MR) is 97.3 cm³/mol. The molecule has 0 bridgehead atoms. The van der Waals surface area contributed by atoms with Crippen LogP contribution >= 0.6 is 0 Å². The minimum atomic E-state index is -0.0496. The Morgan fingerprint density at radius 3 is 2.88 bits per heavy atom. The fourth-order valence-electron chi connectivity index (χ4n) is 2.74. The largest absolute Gasteiger partial charge is 0.494 e. The van der Waals surface area contributed by atoms with Crippen LogP contribution in [0.5, 0.6) is 5.75 Å². The first kappa shape index (κ1) is 18.0. The maximum atomic E-state index is 12.4. The molecule has 0 radical (unpaired) electrons. The lowest BCUT2D eigenvalue weighted by Gasteiger charge is -2.22. The zero-order chi connectivity index (χ0) is 17.5. The summed E-state index contributed by atoms with van der Waals surface area (Å²) in [4.78, 5) is 18.5. The maximum absolute atomic E-state index is 12.4. The fourth-order valence-corrected chi connectivity index (χ4v) is 2.74. The number of carbonyl (C=O) groups is 1. The topological polar surface area (TPSA) is 54.5 Å². The second-order valence-electron chi connectivity index (χ2n) is 6.18. The summed E-state index contributed by atoms with van der Waals surface area (Å²) in [6.45, 7) is 4.73. The average molecular weight is 329 g/mol. The van der Waals surface area contributed by atoms with E-state index >= 15 is 0 Å². The van der Waals surface area contributed by atoms with Crippen LogP contribution in [0.1, 0.15) is 38.7 Å². The molecular weight excluding hydrogens is 302 g/mol. The molecule has 5 heteroatoms. The van der Waals surface area contributed by atoms with Gasteiger partial charge in [0.25, 0.3) is 0 Å². The number of nitrogens with zero attached hydrogens (tertiary/aromatic N) is 2. The van der Waals surface area contributed by atoms with Gasteiger partial charge in [-0.15, -0.1) is 0 Å². The number of methoxy groups -OCH3 is 1. The molecule has 2 aromatic rings. The Morgan fingerprint density at radius 2 is 2.17 bits per heavy atom. The second kappa shape index (κ2) is 8.52. The Balaban J connectivity index is 2.10. The Morgan fingerprint density at radius 1 is 1.38 bits per heavy atom. The van der Waals surface area contributed by atoms with Gasteiger partial charge in [-0.3, -0.25) is 4.98 Å². The van der Waals surface area contributed by atoms with Crippen LogP contribution in [-0.2, 0) is 6.54 Å². The third kappa shape index (κ3) is 4.37. The molecule has 2 rings (SSSR count). The quantitative estimate of drug-likeness (QED) is 0.836. The van der Waals surface area contributed by atoms with E-state index in [4.69, 9.17) is 4.74 Å². The molecule has 1 aromatic heterocycles. The van der Waals surface area contributed by atoms with Gasteiger partial charge in [-0.1, -0.05) is 31.9 Å². The van der Waals surface area contributed by atoms with E-state index in [1.165, 1.54) is 0 Å². The molecule has 130 valence electrons. The van der Waals surface area contributed by atoms with Crippen molar-refractivity contribution >= 4 is 16.9 Å². The minimum absolute atomic E-state index is 0.0496. The number of hydrogen-bond acceptors (Lipinski definition) is 3. The van der Waals surface area contributed by atoms with Crippen molar-refractivity contribution in [3.63, 3.8) is 0 Å². The van der Waals surface area contributed by atoms with Gasteiger partial charge in [-0.2, -0.15) is 0 Å². The van der Waals surface area contributed by atoms with E-state index in [1.807, 2.05) is 38.2 Å². The number of aromatic nitrogens is 1. The van der Waals surface area contributed by atoms with Gasteiger partial charge >= 0.3 is 6.03 Å². The molecule has 5 nitrogen and oxygen atoms in total. The summed E-state index contributed by atoms with van der Waals surface area (Å²) in [7, 11) is 3.45. The predicted octanol–water partition coefficient (Wildman–Crippen LogP) is 3.96. The number of carbonyl (C=O) groups excluding carboxylic acids is 1. The lowest BCUT2D eigenvalue weighted by Crippen LogP contribution is -2.41. The van der Waals surface area contributed by atoms with Crippen molar-refractivity contribution in [3.05, 3.63) is 36.0 Å². The van der Waals surface area contributed by atoms with E-state index in [0.717, 1.165) is 41.5 Å². The Bertz CT molecular complexity index is 687. The highest BCUT2D eigenvalue weighted by atomic mass is 16.5. The number of fused-ring (bicyclic) bond motifs is 1. The molecule has 0 aliphatic carbocycles. The monoisotopic (exact) mass is 329 g/mol. The van der Waals surface area contributed by atoms with Gasteiger partial charge in [0.15, 0.2) is 0 Å². The number of amides is 2. The minimum Gasteiger partial charge on any atom is -0.494 e. The van der Waals surface area contributed by atoms with Gasteiger partial charge in [0.05, 0.1) is 7.11 Å². The molecule has 0 saturated carbocycles. The highest BCUT2D eigenvalue weighted by molar-refractivity contribution is 5.87. The first-order valence-corrected chi connectivity index (χ1v) is 8.49. The van der Waals surface area contributed by atoms with E-state index in [0.29, 0.717) is 6.54 Å². The molecule has 1 aromatic carbocycles. The highest BCUT2D eigenvalue weighted by Gasteiger charge is 2.14. The normalized spacial score (nSPS) is 12.0. The van der Waals surface area contributed by atoms with Gasteiger partial charge in [0.1, 0.15) is 11.3 Å². The van der Waals surface area contributed by atoms with Crippen molar-refractivity contribution in [2.75, 3.05) is 14.2 Å². The molecule has 1 N–H and O–H groups in total. The van der Waals surface area contributed by atoms with E-state index in [2.05, 4.69) is 17.2 Å². The number of rotatable bonds is 7. The SMILES string of the molecule is CCCC[C@@H](C)NC(=O)N(C)Cc1ccc(OC)c2ncccc12. The number of urea groups is 1. The number of unbranched alkanes of at least 4 members (excludes halogenated alkanes) is 1. The van der Waals surface area contributed by atoms with E-state index in [9.17, 15) is 4.79 Å². The smallest absolute Gasteiger partial charge is 0.317 e. The van der Waals surface area contributed by atoms with Gasteiger partial charge in [0, 0.05) is 31.2 Å². The molecule has 0 spiro atoms. The van der Waals surface area contributed by atoms with Gasteiger partial charge < -0.3 is 15.0 Å². The van der Waals surface area contributed by atoms with E-state index in [-0.39, 0.29) is 12.1 Å². The third-order valence-corrected chi connectivity index (χ3v) is 4.16. The first-order valence-electron chi connectivity index (χ1n) is 8.49. The van der Waals surface area contributed by atoms with Crippen LogP contribution in [0, 0.1) is 0 Å². The molecule has 0 fully saturated rings.